The highest BCUT2D eigenvalue weighted by Crippen LogP contribution is 2.23. The molecule has 0 unspecified atom stereocenters. The topological polar surface area (TPSA) is 92.5 Å². The van der Waals surface area contributed by atoms with Crippen LogP contribution in [0.5, 0.6) is 0 Å². The van der Waals surface area contributed by atoms with Gasteiger partial charge in [0.25, 0.3) is 5.91 Å². The fourth-order valence-corrected chi connectivity index (χ4v) is 3.89. The summed E-state index contributed by atoms with van der Waals surface area (Å²) in [4.78, 5) is 12.4. The van der Waals surface area contributed by atoms with Crippen LogP contribution < -0.4 is 11.1 Å². The van der Waals surface area contributed by atoms with E-state index < -0.39 is 10.0 Å². The van der Waals surface area contributed by atoms with E-state index in [1.165, 1.54) is 28.6 Å². The Hall–Kier alpha value is -2.09. The number of nitrogens with one attached hydrogen (secondary N) is 1. The number of hydrogen-bond acceptors (Lipinski definition) is 4. The predicted molar refractivity (Wildman–Crippen MR) is 100 cm³/mol. The van der Waals surface area contributed by atoms with Gasteiger partial charge in [0.05, 0.1) is 15.6 Å². The van der Waals surface area contributed by atoms with E-state index >= 15 is 0 Å². The Labute approximate surface area is 152 Å². The fraction of sp³-hybridized carbons (Fsp3) is 0.235. The monoisotopic (exact) mass is 381 g/mol. The number of benzene rings is 2. The Balaban J connectivity index is 2.19. The minimum atomic E-state index is -3.54. The van der Waals surface area contributed by atoms with Crippen LogP contribution in [0.1, 0.15) is 24.2 Å². The van der Waals surface area contributed by atoms with Crippen LogP contribution in [0.3, 0.4) is 0 Å². The van der Waals surface area contributed by atoms with Crippen LogP contribution in [-0.2, 0) is 10.0 Å². The molecule has 0 aliphatic carbocycles. The molecule has 0 aliphatic heterocycles. The van der Waals surface area contributed by atoms with Crippen molar-refractivity contribution in [3.05, 3.63) is 53.1 Å². The number of nitrogen functional groups attached to an aromatic ring is 1. The van der Waals surface area contributed by atoms with Crippen LogP contribution in [0.25, 0.3) is 0 Å². The quantitative estimate of drug-likeness (QED) is 0.751. The van der Waals surface area contributed by atoms with Gasteiger partial charge in [0.1, 0.15) is 0 Å². The van der Waals surface area contributed by atoms with Crippen LogP contribution in [0.4, 0.5) is 11.4 Å². The van der Waals surface area contributed by atoms with E-state index in [2.05, 4.69) is 5.32 Å². The lowest BCUT2D eigenvalue weighted by Gasteiger charge is -2.18. The van der Waals surface area contributed by atoms with E-state index in [1.807, 2.05) is 0 Å². The van der Waals surface area contributed by atoms with Crippen molar-refractivity contribution in [3.8, 4) is 0 Å². The van der Waals surface area contributed by atoms with E-state index in [0.717, 1.165) is 0 Å². The first-order valence-corrected chi connectivity index (χ1v) is 9.58. The van der Waals surface area contributed by atoms with Gasteiger partial charge in [-0.3, -0.25) is 4.79 Å². The van der Waals surface area contributed by atoms with E-state index in [0.29, 0.717) is 35.1 Å². The zero-order chi connectivity index (χ0) is 18.6. The Morgan fingerprint density at radius 3 is 2.24 bits per heavy atom. The van der Waals surface area contributed by atoms with Crippen molar-refractivity contribution in [2.24, 2.45) is 0 Å². The minimum Gasteiger partial charge on any atom is -0.397 e. The highest BCUT2D eigenvalue weighted by atomic mass is 35.5. The van der Waals surface area contributed by atoms with Gasteiger partial charge in [-0.15, -0.1) is 0 Å². The highest BCUT2D eigenvalue weighted by molar-refractivity contribution is 7.89. The van der Waals surface area contributed by atoms with Crippen LogP contribution in [0.15, 0.2) is 47.4 Å². The molecule has 0 spiro atoms. The molecular weight excluding hydrogens is 362 g/mol. The van der Waals surface area contributed by atoms with Gasteiger partial charge in [-0.25, -0.2) is 8.42 Å². The van der Waals surface area contributed by atoms with Gasteiger partial charge < -0.3 is 11.1 Å². The second-order valence-electron chi connectivity index (χ2n) is 5.30. The number of hydrogen-bond donors (Lipinski definition) is 2. The Morgan fingerprint density at radius 1 is 1.12 bits per heavy atom. The van der Waals surface area contributed by atoms with Crippen molar-refractivity contribution in [3.63, 3.8) is 0 Å². The lowest BCUT2D eigenvalue weighted by Crippen LogP contribution is -2.30. The lowest BCUT2D eigenvalue weighted by atomic mass is 10.2. The number of sulfonamides is 1. The Bertz CT molecular complexity index is 863. The van der Waals surface area contributed by atoms with Crippen LogP contribution in [0, 0.1) is 0 Å². The molecule has 0 heterocycles. The smallest absolute Gasteiger partial charge is 0.255 e. The molecule has 2 aromatic carbocycles. The third-order valence-electron chi connectivity index (χ3n) is 3.71. The molecule has 2 aromatic rings. The second-order valence-corrected chi connectivity index (χ2v) is 7.65. The van der Waals surface area contributed by atoms with Gasteiger partial charge in [0.15, 0.2) is 0 Å². The number of carbonyl (C=O) groups is 1. The second kappa shape index (κ2) is 7.86. The van der Waals surface area contributed by atoms with E-state index in [9.17, 15) is 13.2 Å². The largest absolute Gasteiger partial charge is 0.397 e. The molecule has 0 atom stereocenters. The Morgan fingerprint density at radius 2 is 1.72 bits per heavy atom. The molecule has 0 fully saturated rings. The van der Waals surface area contributed by atoms with Crippen molar-refractivity contribution in [1.29, 1.82) is 0 Å². The van der Waals surface area contributed by atoms with Gasteiger partial charge >= 0.3 is 0 Å². The fourth-order valence-electron chi connectivity index (χ4n) is 2.32. The maximum absolute atomic E-state index is 12.4. The Kier molecular flexibility index (Phi) is 6.05. The summed E-state index contributed by atoms with van der Waals surface area (Å²) in [5.74, 6) is -0.367. The normalized spacial score (nSPS) is 11.5. The first-order valence-electron chi connectivity index (χ1n) is 7.76. The van der Waals surface area contributed by atoms with Gasteiger partial charge in [-0.1, -0.05) is 25.4 Å². The third kappa shape index (κ3) is 4.31. The molecule has 134 valence electrons. The average Bonchev–Trinajstić information content (AvgIpc) is 2.59. The van der Waals surface area contributed by atoms with E-state index in [1.54, 1.807) is 32.0 Å². The third-order valence-corrected chi connectivity index (χ3v) is 6.12. The maximum Gasteiger partial charge on any atom is 0.255 e. The molecule has 2 rings (SSSR count). The summed E-state index contributed by atoms with van der Waals surface area (Å²) in [6, 6.07) is 10.6. The average molecular weight is 382 g/mol. The summed E-state index contributed by atoms with van der Waals surface area (Å²) in [6.07, 6.45) is 0. The molecule has 25 heavy (non-hydrogen) atoms. The van der Waals surface area contributed by atoms with E-state index in [4.69, 9.17) is 17.3 Å². The molecule has 8 heteroatoms. The summed E-state index contributed by atoms with van der Waals surface area (Å²) in [6.45, 7) is 4.33. The number of nitrogens with zero attached hydrogens (tertiary/aromatic N) is 1. The van der Waals surface area contributed by atoms with Gasteiger partial charge in [-0.2, -0.15) is 4.31 Å². The molecule has 0 saturated heterocycles. The van der Waals surface area contributed by atoms with Crippen molar-refractivity contribution >= 4 is 38.9 Å². The number of anilines is 2. The number of carbonyl (C=O) groups excluding carboxylic acids is 1. The van der Waals surface area contributed by atoms with Gasteiger partial charge in [-0.05, 0) is 42.5 Å². The maximum atomic E-state index is 12.4. The van der Waals surface area contributed by atoms with E-state index in [-0.39, 0.29) is 10.8 Å². The van der Waals surface area contributed by atoms with Crippen LogP contribution >= 0.6 is 11.6 Å². The molecule has 0 radical (unpaired) electrons. The molecule has 3 N–H and O–H groups in total. The SMILES string of the molecule is CCN(CC)S(=O)(=O)c1ccc(C(=O)Nc2ccc(Cl)c(N)c2)cc1. The number of rotatable bonds is 6. The number of halogens is 1. The molecule has 0 aromatic heterocycles. The van der Waals surface area contributed by atoms with Crippen molar-refractivity contribution in [2.75, 3.05) is 24.1 Å². The zero-order valence-corrected chi connectivity index (χ0v) is 15.6. The summed E-state index contributed by atoms with van der Waals surface area (Å²) in [7, 11) is -3.54. The van der Waals surface area contributed by atoms with Gasteiger partial charge in [0, 0.05) is 24.3 Å². The molecule has 6 nitrogen and oxygen atoms in total. The lowest BCUT2D eigenvalue weighted by molar-refractivity contribution is 0.102. The van der Waals surface area contributed by atoms with Crippen LogP contribution in [-0.4, -0.2) is 31.7 Å². The summed E-state index contributed by atoms with van der Waals surface area (Å²) < 4.78 is 26.2. The summed E-state index contributed by atoms with van der Waals surface area (Å²) in [5, 5.41) is 3.10. The highest BCUT2D eigenvalue weighted by Gasteiger charge is 2.21. The van der Waals surface area contributed by atoms with Crippen molar-refractivity contribution in [2.45, 2.75) is 18.7 Å². The molecule has 0 aliphatic rings. The standard InChI is InChI=1S/C17H20ClN3O3S/c1-3-21(4-2)25(23,24)14-8-5-12(6-9-14)17(22)20-13-7-10-15(18)16(19)11-13/h5-11H,3-4,19H2,1-2H3,(H,20,22). The first-order chi connectivity index (χ1) is 11.8. The first kappa shape index (κ1) is 19.2. The molecule has 1 amide bonds. The number of nitrogens with two attached hydrogens (primary N) is 1. The summed E-state index contributed by atoms with van der Waals surface area (Å²) >= 11 is 5.85. The summed E-state index contributed by atoms with van der Waals surface area (Å²) in [5.41, 5.74) is 6.91. The molecule has 0 bridgehead atoms. The van der Waals surface area contributed by atoms with Crippen molar-refractivity contribution in [1.82, 2.24) is 4.31 Å². The minimum absolute atomic E-state index is 0.156. The van der Waals surface area contributed by atoms with Crippen LogP contribution in [0.2, 0.25) is 5.02 Å². The van der Waals surface area contributed by atoms with Gasteiger partial charge in [0.2, 0.25) is 10.0 Å². The predicted octanol–water partition coefficient (Wildman–Crippen LogP) is 3.21. The van der Waals surface area contributed by atoms with Crippen molar-refractivity contribution < 1.29 is 13.2 Å². The molecular formula is C17H20ClN3O3S. The molecule has 0 saturated carbocycles. The number of amides is 1. The zero-order valence-electron chi connectivity index (χ0n) is 14.0.